The lowest BCUT2D eigenvalue weighted by molar-refractivity contribution is -0.137. The lowest BCUT2D eigenvalue weighted by atomic mass is 9.79. The van der Waals surface area contributed by atoms with Gasteiger partial charge < -0.3 is 14.6 Å². The predicted molar refractivity (Wildman–Crippen MR) is 93.1 cm³/mol. The van der Waals surface area contributed by atoms with Crippen LogP contribution in [0.1, 0.15) is 24.3 Å². The number of likely N-dealkylation sites (tertiary alicyclic amines) is 1. The van der Waals surface area contributed by atoms with E-state index in [1.165, 1.54) is 0 Å². The van der Waals surface area contributed by atoms with Crippen LogP contribution in [-0.2, 0) is 16.1 Å². The summed E-state index contributed by atoms with van der Waals surface area (Å²) < 4.78 is 11.1. The Morgan fingerprint density at radius 1 is 1.38 bits per heavy atom. The molecule has 2 fully saturated rings. The Kier molecular flexibility index (Phi) is 4.94. The Morgan fingerprint density at radius 2 is 2.31 bits per heavy atom. The summed E-state index contributed by atoms with van der Waals surface area (Å²) in [6.45, 7) is 5.01. The summed E-state index contributed by atoms with van der Waals surface area (Å²) in [5.74, 6) is 1.39. The van der Waals surface area contributed by atoms with Gasteiger partial charge in [0.1, 0.15) is 5.76 Å². The molecule has 2 aliphatic heterocycles. The Labute approximate surface area is 151 Å². The third-order valence-electron chi connectivity index (χ3n) is 5.17. The monoisotopic (exact) mass is 357 g/mol. The predicted octanol–water partition coefficient (Wildman–Crippen LogP) is 1.64. The molecule has 0 radical (unpaired) electrons. The van der Waals surface area contributed by atoms with Gasteiger partial charge in [0.05, 0.1) is 18.0 Å². The van der Waals surface area contributed by atoms with E-state index < -0.39 is 0 Å². The second-order valence-corrected chi connectivity index (χ2v) is 7.00. The number of anilines is 1. The van der Waals surface area contributed by atoms with E-state index in [4.69, 9.17) is 9.26 Å². The molecule has 1 N–H and O–H groups in total. The molecule has 0 aromatic carbocycles. The maximum Gasteiger partial charge on any atom is 0.229 e. The molecule has 0 unspecified atom stereocenters. The summed E-state index contributed by atoms with van der Waals surface area (Å²) in [4.78, 5) is 23.3. The highest BCUT2D eigenvalue weighted by atomic mass is 16.5. The van der Waals surface area contributed by atoms with Crippen molar-refractivity contribution in [1.29, 1.82) is 0 Å². The number of rotatable bonds is 4. The van der Waals surface area contributed by atoms with Crippen molar-refractivity contribution < 1.29 is 14.1 Å². The summed E-state index contributed by atoms with van der Waals surface area (Å²) in [6.07, 6.45) is 6.52. The number of nitrogens with zero attached hydrogens (tertiary/aromatic N) is 4. The largest absolute Gasteiger partial charge is 0.378 e. The number of ether oxygens (including phenoxy) is 1. The normalized spacial score (nSPS) is 26.3. The van der Waals surface area contributed by atoms with Gasteiger partial charge in [-0.1, -0.05) is 5.16 Å². The van der Waals surface area contributed by atoms with Crippen molar-refractivity contribution in [2.75, 3.05) is 25.0 Å². The smallest absolute Gasteiger partial charge is 0.229 e. The second kappa shape index (κ2) is 7.51. The molecule has 2 aromatic heterocycles. The van der Waals surface area contributed by atoms with Crippen molar-refractivity contribution in [3.05, 3.63) is 36.1 Å². The van der Waals surface area contributed by atoms with Crippen molar-refractivity contribution in [2.45, 2.75) is 32.4 Å². The van der Waals surface area contributed by atoms with E-state index >= 15 is 0 Å². The number of aromatic nitrogens is 3. The first-order chi connectivity index (χ1) is 12.7. The van der Waals surface area contributed by atoms with Crippen molar-refractivity contribution in [3.63, 3.8) is 0 Å². The van der Waals surface area contributed by atoms with Gasteiger partial charge in [-0.25, -0.2) is 4.98 Å². The number of carbonyl (C=O) groups is 1. The molecule has 3 atom stereocenters. The molecule has 1 amide bonds. The molecule has 4 heterocycles. The summed E-state index contributed by atoms with van der Waals surface area (Å²) >= 11 is 0. The first-order valence-corrected chi connectivity index (χ1v) is 9.02. The van der Waals surface area contributed by atoms with Gasteiger partial charge >= 0.3 is 0 Å². The zero-order chi connectivity index (χ0) is 17.9. The first-order valence-electron chi connectivity index (χ1n) is 9.02. The lowest BCUT2D eigenvalue weighted by Gasteiger charge is -2.44. The molecular weight excluding hydrogens is 334 g/mol. The summed E-state index contributed by atoms with van der Waals surface area (Å²) in [5.41, 5.74) is 0.929. The Hall–Kier alpha value is -2.32. The number of hydrogen-bond acceptors (Lipinski definition) is 7. The van der Waals surface area contributed by atoms with E-state index in [1.54, 1.807) is 18.6 Å². The van der Waals surface area contributed by atoms with Gasteiger partial charge in [-0.05, 0) is 19.8 Å². The minimum atomic E-state index is -0.0856. The minimum Gasteiger partial charge on any atom is -0.378 e. The zero-order valence-corrected chi connectivity index (χ0v) is 14.8. The van der Waals surface area contributed by atoms with Gasteiger partial charge in [0, 0.05) is 56.5 Å². The molecule has 0 saturated carbocycles. The molecule has 8 heteroatoms. The molecule has 0 spiro atoms. The van der Waals surface area contributed by atoms with Crippen molar-refractivity contribution in [1.82, 2.24) is 20.0 Å². The van der Waals surface area contributed by atoms with Crippen LogP contribution in [-0.4, -0.2) is 51.7 Å². The minimum absolute atomic E-state index is 0.00271. The summed E-state index contributed by atoms with van der Waals surface area (Å²) in [6, 6.07) is 1.96. The topological polar surface area (TPSA) is 93.4 Å². The van der Waals surface area contributed by atoms with Crippen LogP contribution in [0.4, 0.5) is 5.82 Å². The van der Waals surface area contributed by atoms with Crippen molar-refractivity contribution in [2.24, 2.45) is 11.8 Å². The molecule has 8 nitrogen and oxygen atoms in total. The summed E-state index contributed by atoms with van der Waals surface area (Å²) in [7, 11) is 0. The van der Waals surface area contributed by atoms with Crippen LogP contribution in [0.25, 0.3) is 0 Å². The molecule has 2 aliphatic rings. The van der Waals surface area contributed by atoms with Crippen LogP contribution in [0.2, 0.25) is 0 Å². The third-order valence-corrected chi connectivity index (χ3v) is 5.17. The summed E-state index contributed by atoms with van der Waals surface area (Å²) in [5, 5.41) is 6.98. The number of fused-ring (bicyclic) bond motifs is 1. The van der Waals surface area contributed by atoms with Gasteiger partial charge in [-0.15, -0.1) is 0 Å². The van der Waals surface area contributed by atoms with Crippen LogP contribution >= 0.6 is 0 Å². The molecule has 0 bridgehead atoms. The van der Waals surface area contributed by atoms with Crippen LogP contribution < -0.4 is 5.32 Å². The van der Waals surface area contributed by atoms with Gasteiger partial charge in [0.2, 0.25) is 5.91 Å². The van der Waals surface area contributed by atoms with E-state index in [9.17, 15) is 4.79 Å². The van der Waals surface area contributed by atoms with Crippen LogP contribution in [0.3, 0.4) is 0 Å². The Morgan fingerprint density at radius 3 is 3.08 bits per heavy atom. The number of hydrogen-bond donors (Lipinski definition) is 1. The maximum atomic E-state index is 12.8. The first kappa shape index (κ1) is 17.1. The van der Waals surface area contributed by atoms with Gasteiger partial charge in [0.15, 0.2) is 5.82 Å². The SMILES string of the molecule is Cc1cc(CN2CC[C@@H]3OCC[C@H](C(=O)Nc4cnccn4)[C@@H]3C2)no1. The van der Waals surface area contributed by atoms with Gasteiger partial charge in [-0.2, -0.15) is 0 Å². The van der Waals surface area contributed by atoms with Gasteiger partial charge in [0.25, 0.3) is 0 Å². The molecular formula is C18H23N5O3. The number of aryl methyl sites for hydroxylation is 1. The fourth-order valence-electron chi connectivity index (χ4n) is 3.96. The van der Waals surface area contributed by atoms with Crippen LogP contribution in [0.5, 0.6) is 0 Å². The highest BCUT2D eigenvalue weighted by Crippen LogP contribution is 2.34. The number of amides is 1. The zero-order valence-electron chi connectivity index (χ0n) is 14.8. The van der Waals surface area contributed by atoms with E-state index in [0.717, 1.165) is 43.9 Å². The van der Waals surface area contributed by atoms with E-state index in [-0.39, 0.29) is 23.8 Å². The Bertz CT molecular complexity index is 750. The van der Waals surface area contributed by atoms with E-state index in [1.807, 2.05) is 13.0 Å². The van der Waals surface area contributed by atoms with Crippen LogP contribution in [0, 0.1) is 18.8 Å². The molecule has 2 saturated heterocycles. The maximum absolute atomic E-state index is 12.8. The highest BCUT2D eigenvalue weighted by Gasteiger charge is 2.41. The average molecular weight is 357 g/mol. The lowest BCUT2D eigenvalue weighted by Crippen LogP contribution is -2.52. The van der Waals surface area contributed by atoms with Gasteiger partial charge in [-0.3, -0.25) is 14.7 Å². The van der Waals surface area contributed by atoms with E-state index in [2.05, 4.69) is 25.3 Å². The Balaban J connectivity index is 1.43. The number of nitrogens with one attached hydrogen (secondary N) is 1. The molecule has 138 valence electrons. The fraction of sp³-hybridized carbons (Fsp3) is 0.556. The van der Waals surface area contributed by atoms with E-state index in [0.29, 0.717) is 12.4 Å². The molecule has 26 heavy (non-hydrogen) atoms. The average Bonchev–Trinajstić information content (AvgIpc) is 3.06. The molecule has 0 aliphatic carbocycles. The molecule has 2 aromatic rings. The quantitative estimate of drug-likeness (QED) is 0.889. The second-order valence-electron chi connectivity index (χ2n) is 7.00. The van der Waals surface area contributed by atoms with Crippen molar-refractivity contribution >= 4 is 11.7 Å². The standard InChI is InChI=1S/C18H23N5O3/c1-12-8-13(22-26-12)10-23-6-2-16-15(11-23)14(3-7-25-16)18(24)21-17-9-19-4-5-20-17/h4-5,8-9,14-16H,2-3,6-7,10-11H2,1H3,(H,20,21,24)/t14-,15-,16-/m0/s1. The van der Waals surface area contributed by atoms with Crippen molar-refractivity contribution in [3.8, 4) is 0 Å². The molecule has 4 rings (SSSR count). The third kappa shape index (κ3) is 3.76. The van der Waals surface area contributed by atoms with Crippen LogP contribution in [0.15, 0.2) is 29.2 Å². The number of carbonyl (C=O) groups excluding carboxylic acids is 1. The highest BCUT2D eigenvalue weighted by molar-refractivity contribution is 5.91. The number of piperidine rings is 1. The fourth-order valence-corrected chi connectivity index (χ4v) is 3.96.